The molecule has 1 fully saturated rings. The van der Waals surface area contributed by atoms with E-state index in [1.54, 1.807) is 26.0 Å². The van der Waals surface area contributed by atoms with Gasteiger partial charge in [0.25, 0.3) is 11.6 Å². The highest BCUT2D eigenvalue weighted by atomic mass is 32.2. The average molecular weight is 448 g/mol. The normalized spacial score (nSPS) is 14.8. The van der Waals surface area contributed by atoms with Crippen LogP contribution in [0.4, 0.5) is 11.4 Å². The van der Waals surface area contributed by atoms with Gasteiger partial charge in [-0.15, -0.1) is 0 Å². The predicted molar refractivity (Wildman–Crippen MR) is 116 cm³/mol. The average Bonchev–Trinajstić information content (AvgIpc) is 2.74. The predicted octanol–water partition coefficient (Wildman–Crippen LogP) is 3.40. The van der Waals surface area contributed by atoms with Gasteiger partial charge in [-0.05, 0) is 56.0 Å². The number of rotatable bonds is 7. The van der Waals surface area contributed by atoms with E-state index in [0.29, 0.717) is 35.7 Å². The lowest BCUT2D eigenvalue weighted by Crippen LogP contribution is -2.35. The van der Waals surface area contributed by atoms with Crippen molar-refractivity contribution in [1.82, 2.24) is 4.31 Å². The molecule has 9 nitrogen and oxygen atoms in total. The van der Waals surface area contributed by atoms with Crippen molar-refractivity contribution in [2.75, 3.05) is 25.0 Å². The quantitative estimate of drug-likeness (QED) is 0.513. The van der Waals surface area contributed by atoms with Crippen LogP contribution in [0.25, 0.3) is 0 Å². The maximum absolute atomic E-state index is 12.8. The fraction of sp³-hybridized carbons (Fsp3) is 0.381. The molecule has 0 spiro atoms. The number of hydrogen-bond acceptors (Lipinski definition) is 6. The number of nitro groups is 1. The number of nitro benzene ring substituents is 1. The van der Waals surface area contributed by atoms with Gasteiger partial charge < -0.3 is 10.1 Å². The molecular weight excluding hydrogens is 422 g/mol. The first-order chi connectivity index (χ1) is 14.7. The number of carbonyl (C=O) groups excluding carboxylic acids is 1. The van der Waals surface area contributed by atoms with Crippen LogP contribution in [-0.4, -0.2) is 43.2 Å². The van der Waals surface area contributed by atoms with Crippen LogP contribution < -0.4 is 10.1 Å². The van der Waals surface area contributed by atoms with E-state index < -0.39 is 20.9 Å². The Kier molecular flexibility index (Phi) is 6.91. The molecule has 0 bridgehead atoms. The van der Waals surface area contributed by atoms with Crippen molar-refractivity contribution in [2.45, 2.75) is 38.0 Å². The summed E-state index contributed by atoms with van der Waals surface area (Å²) in [6.07, 6.45) is 2.76. The van der Waals surface area contributed by atoms with E-state index in [-0.39, 0.29) is 17.2 Å². The van der Waals surface area contributed by atoms with Gasteiger partial charge in [-0.2, -0.15) is 4.31 Å². The second kappa shape index (κ2) is 9.44. The summed E-state index contributed by atoms with van der Waals surface area (Å²) in [7, 11) is -3.55. The summed E-state index contributed by atoms with van der Waals surface area (Å²) in [5, 5.41) is 13.5. The molecule has 2 aromatic carbocycles. The Morgan fingerprint density at radius 1 is 1.10 bits per heavy atom. The molecule has 2 aromatic rings. The van der Waals surface area contributed by atoms with Crippen LogP contribution in [0, 0.1) is 24.0 Å². The molecule has 1 aliphatic rings. The number of aryl methyl sites for hydroxylation is 2. The third-order valence-electron chi connectivity index (χ3n) is 5.16. The van der Waals surface area contributed by atoms with Crippen LogP contribution in [-0.2, 0) is 14.8 Å². The minimum absolute atomic E-state index is 0.122. The molecule has 0 atom stereocenters. The third-order valence-corrected chi connectivity index (χ3v) is 7.06. The first-order valence-corrected chi connectivity index (χ1v) is 11.4. The van der Waals surface area contributed by atoms with E-state index in [0.717, 1.165) is 19.3 Å². The van der Waals surface area contributed by atoms with Gasteiger partial charge in [0, 0.05) is 25.2 Å². The molecule has 0 radical (unpaired) electrons. The number of sulfonamides is 1. The molecule has 0 saturated carbocycles. The number of hydrogen-bond donors (Lipinski definition) is 1. The summed E-state index contributed by atoms with van der Waals surface area (Å²) in [5.74, 6) is -0.0866. The van der Waals surface area contributed by atoms with E-state index in [1.165, 1.54) is 28.6 Å². The molecule has 0 aromatic heterocycles. The fourth-order valence-corrected chi connectivity index (χ4v) is 4.99. The van der Waals surface area contributed by atoms with Gasteiger partial charge >= 0.3 is 0 Å². The van der Waals surface area contributed by atoms with E-state index >= 15 is 0 Å². The number of carbonyl (C=O) groups is 1. The highest BCUT2D eigenvalue weighted by molar-refractivity contribution is 7.89. The van der Waals surface area contributed by atoms with Gasteiger partial charge in [0.05, 0.1) is 15.5 Å². The summed E-state index contributed by atoms with van der Waals surface area (Å²) in [5.41, 5.74) is 1.49. The van der Waals surface area contributed by atoms with Crippen molar-refractivity contribution >= 4 is 27.3 Å². The molecule has 1 saturated heterocycles. The third kappa shape index (κ3) is 5.39. The summed E-state index contributed by atoms with van der Waals surface area (Å²) in [6, 6.07) is 8.78. The highest BCUT2D eigenvalue weighted by Crippen LogP contribution is 2.26. The number of non-ortho nitro benzene ring substituents is 1. The maximum atomic E-state index is 12.8. The summed E-state index contributed by atoms with van der Waals surface area (Å²) >= 11 is 0. The van der Waals surface area contributed by atoms with Crippen LogP contribution in [0.3, 0.4) is 0 Å². The Morgan fingerprint density at radius 3 is 2.45 bits per heavy atom. The molecule has 166 valence electrons. The number of benzene rings is 2. The number of piperidine rings is 1. The van der Waals surface area contributed by atoms with Crippen LogP contribution in [0.15, 0.2) is 41.3 Å². The Hall–Kier alpha value is -2.98. The van der Waals surface area contributed by atoms with Crippen molar-refractivity contribution < 1.29 is 22.9 Å². The van der Waals surface area contributed by atoms with Gasteiger partial charge in [0.15, 0.2) is 6.61 Å². The molecule has 0 unspecified atom stereocenters. The number of amides is 1. The van der Waals surface area contributed by atoms with Gasteiger partial charge in [-0.3, -0.25) is 14.9 Å². The van der Waals surface area contributed by atoms with E-state index in [4.69, 9.17) is 4.74 Å². The van der Waals surface area contributed by atoms with Crippen molar-refractivity contribution in [1.29, 1.82) is 0 Å². The smallest absolute Gasteiger partial charge is 0.271 e. The van der Waals surface area contributed by atoms with Gasteiger partial charge in [-0.25, -0.2) is 8.42 Å². The van der Waals surface area contributed by atoms with Gasteiger partial charge in [0.2, 0.25) is 10.0 Å². The van der Waals surface area contributed by atoms with Crippen molar-refractivity contribution in [3.8, 4) is 5.75 Å². The fourth-order valence-electron chi connectivity index (χ4n) is 3.39. The standard InChI is InChI=1S/C21H25N3O6S/c1-15-6-7-17(24(26)27)13-19(15)22-21(25)14-30-20-9-8-18(12-16(20)2)31(28,29)23-10-4-3-5-11-23/h6-9,12-13H,3-5,10-11,14H2,1-2H3,(H,22,25). The maximum Gasteiger partial charge on any atom is 0.271 e. The summed E-state index contributed by atoms with van der Waals surface area (Å²) in [6.45, 7) is 4.17. The highest BCUT2D eigenvalue weighted by Gasteiger charge is 2.26. The Balaban J connectivity index is 1.65. The van der Waals surface area contributed by atoms with Crippen molar-refractivity contribution in [3.05, 3.63) is 57.6 Å². The van der Waals surface area contributed by atoms with E-state index in [1.807, 2.05) is 0 Å². The van der Waals surface area contributed by atoms with Crippen LogP contribution >= 0.6 is 0 Å². The molecule has 0 aliphatic carbocycles. The molecule has 1 amide bonds. The van der Waals surface area contributed by atoms with Crippen molar-refractivity contribution in [2.24, 2.45) is 0 Å². The molecule has 10 heteroatoms. The van der Waals surface area contributed by atoms with Crippen LogP contribution in [0.2, 0.25) is 0 Å². The largest absolute Gasteiger partial charge is 0.483 e. The lowest BCUT2D eigenvalue weighted by Gasteiger charge is -2.26. The summed E-state index contributed by atoms with van der Waals surface area (Å²) < 4.78 is 32.6. The van der Waals surface area contributed by atoms with Gasteiger partial charge in [-0.1, -0.05) is 12.5 Å². The number of nitrogens with one attached hydrogen (secondary N) is 1. The van der Waals surface area contributed by atoms with E-state index in [9.17, 15) is 23.3 Å². The van der Waals surface area contributed by atoms with Crippen LogP contribution in [0.1, 0.15) is 30.4 Å². The molecular formula is C21H25N3O6S. The second-order valence-electron chi connectivity index (χ2n) is 7.49. The topological polar surface area (TPSA) is 119 Å². The lowest BCUT2D eigenvalue weighted by atomic mass is 10.2. The first kappa shape index (κ1) is 22.7. The Bertz CT molecular complexity index is 1090. The molecule has 1 heterocycles. The number of anilines is 1. The van der Waals surface area contributed by atoms with Crippen molar-refractivity contribution in [3.63, 3.8) is 0 Å². The molecule has 3 rings (SSSR count). The Labute approximate surface area is 181 Å². The monoisotopic (exact) mass is 447 g/mol. The van der Waals surface area contributed by atoms with E-state index in [2.05, 4.69) is 5.32 Å². The summed E-state index contributed by atoms with van der Waals surface area (Å²) in [4.78, 5) is 22.8. The molecule has 1 aliphatic heterocycles. The zero-order valence-corrected chi connectivity index (χ0v) is 18.3. The number of nitrogens with zero attached hydrogens (tertiary/aromatic N) is 2. The zero-order chi connectivity index (χ0) is 22.6. The minimum Gasteiger partial charge on any atom is -0.483 e. The lowest BCUT2D eigenvalue weighted by molar-refractivity contribution is -0.384. The first-order valence-electron chi connectivity index (χ1n) is 9.97. The van der Waals surface area contributed by atoms with Crippen LogP contribution in [0.5, 0.6) is 5.75 Å². The zero-order valence-electron chi connectivity index (χ0n) is 17.5. The minimum atomic E-state index is -3.55. The Morgan fingerprint density at radius 2 is 1.81 bits per heavy atom. The van der Waals surface area contributed by atoms with Gasteiger partial charge in [0.1, 0.15) is 5.75 Å². The molecule has 31 heavy (non-hydrogen) atoms. The second-order valence-corrected chi connectivity index (χ2v) is 9.42. The number of ether oxygens (including phenoxy) is 1. The molecule has 1 N–H and O–H groups in total. The SMILES string of the molecule is Cc1ccc([N+](=O)[O-])cc1NC(=O)COc1ccc(S(=O)(=O)N2CCCCC2)cc1C.